The lowest BCUT2D eigenvalue weighted by atomic mass is 10.1. The van der Waals surface area contributed by atoms with Gasteiger partial charge in [-0.25, -0.2) is 4.98 Å². The van der Waals surface area contributed by atoms with E-state index in [9.17, 15) is 18.3 Å². The zero-order valence-corrected chi connectivity index (χ0v) is 18.4. The average Bonchev–Trinajstić information content (AvgIpc) is 2.77. The maximum atomic E-state index is 12.6. The number of anilines is 2. The van der Waals surface area contributed by atoms with Crippen molar-refractivity contribution in [3.05, 3.63) is 66.2 Å². The maximum Gasteiger partial charge on any atom is 0.573 e. The molecule has 0 fully saturated rings. The van der Waals surface area contributed by atoms with E-state index in [2.05, 4.69) is 25.3 Å². The fourth-order valence-corrected chi connectivity index (χ4v) is 3.17. The molecule has 0 aliphatic carbocycles. The predicted octanol–water partition coefficient (Wildman–Crippen LogP) is 5.13. The minimum Gasteiger partial charge on any atom is -0.406 e. The van der Waals surface area contributed by atoms with Crippen molar-refractivity contribution in [1.29, 1.82) is 0 Å². The molecule has 176 valence electrons. The number of halogens is 3. The number of benzene rings is 2. The summed E-state index contributed by atoms with van der Waals surface area (Å²) in [6.07, 6.45) is -4.02. The van der Waals surface area contributed by atoms with Gasteiger partial charge >= 0.3 is 6.36 Å². The first-order chi connectivity index (χ1) is 15.7. The van der Waals surface area contributed by atoms with Crippen molar-refractivity contribution < 1.29 is 23.0 Å². The van der Waals surface area contributed by atoms with Crippen LogP contribution in [0.25, 0.3) is 11.3 Å². The summed E-state index contributed by atoms with van der Waals surface area (Å²) >= 11 is 0. The van der Waals surface area contributed by atoms with E-state index in [1.165, 1.54) is 18.2 Å². The second-order valence-electron chi connectivity index (χ2n) is 7.88. The fourth-order valence-electron chi connectivity index (χ4n) is 3.17. The summed E-state index contributed by atoms with van der Waals surface area (Å²) in [5.41, 5.74) is 2.02. The lowest BCUT2D eigenvalue weighted by molar-refractivity contribution is -0.274. The molecule has 33 heavy (non-hydrogen) atoms. The van der Waals surface area contributed by atoms with Gasteiger partial charge in [0.25, 0.3) is 0 Å². The van der Waals surface area contributed by atoms with E-state index in [1.54, 1.807) is 12.1 Å². The van der Waals surface area contributed by atoms with Gasteiger partial charge in [0.15, 0.2) is 0 Å². The third kappa shape index (κ3) is 7.64. The summed E-state index contributed by atoms with van der Waals surface area (Å²) in [5.74, 6) is 0.563. The summed E-state index contributed by atoms with van der Waals surface area (Å²) < 4.78 is 42.0. The number of aliphatic hydroxyl groups excluding tert-OH is 1. The molecular formula is C24H27F3N4O2. The molecule has 0 radical (unpaired) electrons. The zero-order chi connectivity index (χ0) is 23.8. The number of hydrogen-bond acceptors (Lipinski definition) is 6. The highest BCUT2D eigenvalue weighted by atomic mass is 19.4. The van der Waals surface area contributed by atoms with Gasteiger partial charge in [0.1, 0.15) is 11.6 Å². The van der Waals surface area contributed by atoms with Crippen molar-refractivity contribution in [3.8, 4) is 17.0 Å². The van der Waals surface area contributed by atoms with E-state index in [0.717, 1.165) is 12.0 Å². The van der Waals surface area contributed by atoms with Crippen LogP contribution in [0.1, 0.15) is 19.4 Å². The normalized spacial score (nSPS) is 12.5. The van der Waals surface area contributed by atoms with Crippen molar-refractivity contribution in [2.45, 2.75) is 32.7 Å². The topological polar surface area (TPSA) is 79.3 Å². The Morgan fingerprint density at radius 2 is 1.76 bits per heavy atom. The molecule has 0 aliphatic rings. The van der Waals surface area contributed by atoms with Crippen LogP contribution in [0.4, 0.5) is 24.9 Å². The van der Waals surface area contributed by atoms with E-state index >= 15 is 0 Å². The number of nitrogens with zero attached hydrogens (tertiary/aromatic N) is 2. The lowest BCUT2D eigenvalue weighted by Gasteiger charge is -2.21. The molecule has 2 aromatic carbocycles. The van der Waals surface area contributed by atoms with Gasteiger partial charge in [-0.05, 0) is 30.0 Å². The first-order valence-electron chi connectivity index (χ1n) is 10.6. The third-order valence-electron chi connectivity index (χ3n) is 4.97. The Balaban J connectivity index is 1.87. The SMILES string of the molecule is CC(C)[C@H](CO)Nc1nc(NCCc2ccccc2)cc(-c2cccc(OC(F)(F)F)c2)n1. The Morgan fingerprint density at radius 3 is 2.42 bits per heavy atom. The molecule has 6 nitrogen and oxygen atoms in total. The van der Waals surface area contributed by atoms with E-state index in [1.807, 2.05) is 44.2 Å². The minimum absolute atomic E-state index is 0.111. The summed E-state index contributed by atoms with van der Waals surface area (Å²) in [7, 11) is 0. The highest BCUT2D eigenvalue weighted by molar-refractivity contribution is 5.66. The maximum absolute atomic E-state index is 12.6. The van der Waals surface area contributed by atoms with Crippen LogP contribution in [-0.4, -0.2) is 40.6 Å². The van der Waals surface area contributed by atoms with E-state index in [4.69, 9.17) is 0 Å². The highest BCUT2D eigenvalue weighted by Crippen LogP contribution is 2.29. The first kappa shape index (κ1) is 24.3. The first-order valence-corrected chi connectivity index (χ1v) is 10.6. The van der Waals surface area contributed by atoms with Gasteiger partial charge in [-0.15, -0.1) is 13.2 Å². The summed E-state index contributed by atoms with van der Waals surface area (Å²) in [5, 5.41) is 16.0. The third-order valence-corrected chi connectivity index (χ3v) is 4.97. The number of nitrogens with one attached hydrogen (secondary N) is 2. The summed E-state index contributed by atoms with van der Waals surface area (Å²) in [4.78, 5) is 8.95. The van der Waals surface area contributed by atoms with Gasteiger partial charge in [0.2, 0.25) is 5.95 Å². The quantitative estimate of drug-likeness (QED) is 0.390. The summed E-state index contributed by atoms with van der Waals surface area (Å²) in [6.45, 7) is 4.39. The second kappa shape index (κ2) is 11.0. The molecule has 1 heterocycles. The number of rotatable bonds is 10. The van der Waals surface area contributed by atoms with Crippen LogP contribution in [0.5, 0.6) is 5.75 Å². The zero-order valence-electron chi connectivity index (χ0n) is 18.4. The van der Waals surface area contributed by atoms with E-state index < -0.39 is 6.36 Å². The second-order valence-corrected chi connectivity index (χ2v) is 7.88. The monoisotopic (exact) mass is 460 g/mol. The molecule has 0 bridgehead atoms. The lowest BCUT2D eigenvalue weighted by Crippen LogP contribution is -2.30. The molecular weight excluding hydrogens is 433 g/mol. The van der Waals surface area contributed by atoms with Gasteiger partial charge in [-0.3, -0.25) is 0 Å². The van der Waals surface area contributed by atoms with Gasteiger partial charge in [-0.2, -0.15) is 4.98 Å². The molecule has 9 heteroatoms. The molecule has 0 spiro atoms. The number of aliphatic hydroxyl groups is 1. The minimum atomic E-state index is -4.78. The molecule has 3 N–H and O–H groups in total. The van der Waals surface area contributed by atoms with Gasteiger partial charge in [0, 0.05) is 18.2 Å². The Kier molecular flexibility index (Phi) is 8.11. The van der Waals surface area contributed by atoms with Crippen molar-refractivity contribution in [3.63, 3.8) is 0 Å². The van der Waals surface area contributed by atoms with Crippen LogP contribution >= 0.6 is 0 Å². The van der Waals surface area contributed by atoms with Crippen LogP contribution in [0.2, 0.25) is 0 Å². The molecule has 0 amide bonds. The molecule has 3 rings (SSSR count). The smallest absolute Gasteiger partial charge is 0.406 e. The van der Waals surface area contributed by atoms with E-state index in [-0.39, 0.29) is 30.3 Å². The Hall–Kier alpha value is -3.33. The number of aromatic nitrogens is 2. The van der Waals surface area contributed by atoms with Crippen LogP contribution in [0.3, 0.4) is 0 Å². The molecule has 0 saturated carbocycles. The molecule has 1 aromatic heterocycles. The van der Waals surface area contributed by atoms with Crippen LogP contribution in [0.15, 0.2) is 60.7 Å². The van der Waals surface area contributed by atoms with Gasteiger partial charge in [0.05, 0.1) is 18.3 Å². The van der Waals surface area contributed by atoms with Crippen molar-refractivity contribution >= 4 is 11.8 Å². The standard InChI is InChI=1S/C24H27F3N4O2/c1-16(2)21(15-32)30-23-29-20(18-9-6-10-19(13-18)33-24(25,26)27)14-22(31-23)28-12-11-17-7-4-3-5-8-17/h3-10,13-14,16,21,32H,11-12,15H2,1-2H3,(H2,28,29,30,31)/t21-/m0/s1. The van der Waals surface area contributed by atoms with Gasteiger partial charge in [-0.1, -0.05) is 56.3 Å². The number of hydrogen-bond donors (Lipinski definition) is 3. The number of ether oxygens (including phenoxy) is 1. The molecule has 0 unspecified atom stereocenters. The van der Waals surface area contributed by atoms with E-state index in [0.29, 0.717) is 23.6 Å². The Labute approximate surface area is 190 Å². The molecule has 0 aliphatic heterocycles. The van der Waals surface area contributed by atoms with Crippen molar-refractivity contribution in [2.75, 3.05) is 23.8 Å². The molecule has 3 aromatic rings. The van der Waals surface area contributed by atoms with Crippen LogP contribution in [0, 0.1) is 5.92 Å². The predicted molar refractivity (Wildman–Crippen MR) is 122 cm³/mol. The molecule has 0 saturated heterocycles. The van der Waals surface area contributed by atoms with Crippen LogP contribution < -0.4 is 15.4 Å². The highest BCUT2D eigenvalue weighted by Gasteiger charge is 2.31. The van der Waals surface area contributed by atoms with Crippen molar-refractivity contribution in [2.24, 2.45) is 5.92 Å². The Morgan fingerprint density at radius 1 is 1.00 bits per heavy atom. The molecule has 1 atom stereocenters. The van der Waals surface area contributed by atoms with Crippen LogP contribution in [-0.2, 0) is 6.42 Å². The average molecular weight is 461 g/mol. The summed E-state index contributed by atoms with van der Waals surface area (Å²) in [6, 6.07) is 17.0. The number of alkyl halides is 3. The fraction of sp³-hybridized carbons (Fsp3) is 0.333. The Bertz CT molecular complexity index is 1030. The van der Waals surface area contributed by atoms with Crippen molar-refractivity contribution in [1.82, 2.24) is 9.97 Å². The largest absolute Gasteiger partial charge is 0.573 e. The van der Waals surface area contributed by atoms with Gasteiger partial charge < -0.3 is 20.5 Å².